The predicted molar refractivity (Wildman–Crippen MR) is 56.9 cm³/mol. The van der Waals surface area contributed by atoms with Crippen LogP contribution in [-0.4, -0.2) is 11.7 Å². The molecule has 0 spiro atoms. The Hall–Kier alpha value is -0.300. The minimum Gasteiger partial charge on any atom is -0.372 e. The zero-order valence-corrected chi connectivity index (χ0v) is 9.18. The number of hydrogen-bond donors (Lipinski definition) is 0. The molecule has 0 amide bonds. The predicted octanol–water partition coefficient (Wildman–Crippen LogP) is 3.69. The molecule has 0 aromatic heterocycles. The quantitative estimate of drug-likeness (QED) is 0.562. The van der Waals surface area contributed by atoms with Gasteiger partial charge in [0.2, 0.25) is 0 Å². The summed E-state index contributed by atoms with van der Waals surface area (Å²) in [4.78, 5) is 0. The second-order valence-electron chi connectivity index (χ2n) is 4.84. The molecule has 0 radical (unpaired) electrons. The highest BCUT2D eigenvalue weighted by atomic mass is 16.5. The van der Waals surface area contributed by atoms with Gasteiger partial charge in [0.05, 0.1) is 11.7 Å². The van der Waals surface area contributed by atoms with Crippen LogP contribution in [0.1, 0.15) is 52.9 Å². The fourth-order valence-corrected chi connectivity index (χ4v) is 1.72. The SMILES string of the molecule is CC(C)(C)OC1C/C=C\CCCC1. The van der Waals surface area contributed by atoms with Crippen LogP contribution in [0.5, 0.6) is 0 Å². The lowest BCUT2D eigenvalue weighted by atomic mass is 10.0. The average Bonchev–Trinajstić information content (AvgIpc) is 1.92. The molecule has 1 unspecified atom stereocenters. The summed E-state index contributed by atoms with van der Waals surface area (Å²) in [7, 11) is 0. The Morgan fingerprint density at radius 1 is 1.15 bits per heavy atom. The van der Waals surface area contributed by atoms with E-state index in [2.05, 4.69) is 32.9 Å². The van der Waals surface area contributed by atoms with Crippen LogP contribution in [0.25, 0.3) is 0 Å². The van der Waals surface area contributed by atoms with Gasteiger partial charge in [-0.05, 0) is 46.5 Å². The molecule has 0 bridgehead atoms. The molecule has 1 heteroatoms. The highest BCUT2D eigenvalue weighted by Crippen LogP contribution is 2.20. The Morgan fingerprint density at radius 3 is 2.62 bits per heavy atom. The van der Waals surface area contributed by atoms with Crippen molar-refractivity contribution in [2.75, 3.05) is 0 Å². The van der Waals surface area contributed by atoms with E-state index < -0.39 is 0 Å². The first-order chi connectivity index (χ1) is 6.08. The molecule has 0 aliphatic heterocycles. The van der Waals surface area contributed by atoms with E-state index in [4.69, 9.17) is 4.74 Å². The van der Waals surface area contributed by atoms with Crippen molar-refractivity contribution in [3.63, 3.8) is 0 Å². The fraction of sp³-hybridized carbons (Fsp3) is 0.833. The molecule has 13 heavy (non-hydrogen) atoms. The summed E-state index contributed by atoms with van der Waals surface area (Å²) < 4.78 is 5.96. The van der Waals surface area contributed by atoms with Crippen LogP contribution >= 0.6 is 0 Å². The highest BCUT2D eigenvalue weighted by Gasteiger charge is 2.17. The van der Waals surface area contributed by atoms with Gasteiger partial charge in [-0.2, -0.15) is 0 Å². The summed E-state index contributed by atoms with van der Waals surface area (Å²) in [5, 5.41) is 0. The van der Waals surface area contributed by atoms with Gasteiger partial charge in [0.25, 0.3) is 0 Å². The minimum atomic E-state index is 0.0116. The topological polar surface area (TPSA) is 9.23 Å². The van der Waals surface area contributed by atoms with E-state index in [1.807, 2.05) is 0 Å². The first-order valence-corrected chi connectivity index (χ1v) is 5.41. The van der Waals surface area contributed by atoms with E-state index in [0.29, 0.717) is 6.10 Å². The first kappa shape index (κ1) is 10.8. The first-order valence-electron chi connectivity index (χ1n) is 5.41. The highest BCUT2D eigenvalue weighted by molar-refractivity contribution is 4.87. The van der Waals surface area contributed by atoms with Crippen molar-refractivity contribution in [2.24, 2.45) is 0 Å². The van der Waals surface area contributed by atoms with Crippen molar-refractivity contribution in [3.05, 3.63) is 12.2 Å². The van der Waals surface area contributed by atoms with Crippen molar-refractivity contribution in [2.45, 2.75) is 64.6 Å². The largest absolute Gasteiger partial charge is 0.372 e. The molecule has 1 rings (SSSR count). The Kier molecular flexibility index (Phi) is 3.98. The summed E-state index contributed by atoms with van der Waals surface area (Å²) in [6, 6.07) is 0. The molecular weight excluding hydrogens is 160 g/mol. The summed E-state index contributed by atoms with van der Waals surface area (Å²) in [6.07, 6.45) is 11.2. The van der Waals surface area contributed by atoms with Gasteiger partial charge in [-0.1, -0.05) is 18.6 Å². The van der Waals surface area contributed by atoms with Crippen LogP contribution in [-0.2, 0) is 4.74 Å². The lowest BCUT2D eigenvalue weighted by molar-refractivity contribution is -0.0623. The van der Waals surface area contributed by atoms with Crippen molar-refractivity contribution >= 4 is 0 Å². The molecule has 0 fully saturated rings. The molecule has 0 heterocycles. The van der Waals surface area contributed by atoms with Gasteiger partial charge in [0, 0.05) is 0 Å². The Labute approximate surface area is 82.2 Å². The maximum Gasteiger partial charge on any atom is 0.0616 e. The van der Waals surface area contributed by atoms with Crippen molar-refractivity contribution in [3.8, 4) is 0 Å². The number of hydrogen-bond acceptors (Lipinski definition) is 1. The monoisotopic (exact) mass is 182 g/mol. The molecule has 0 aromatic rings. The lowest BCUT2D eigenvalue weighted by Crippen LogP contribution is -2.27. The second-order valence-corrected chi connectivity index (χ2v) is 4.84. The van der Waals surface area contributed by atoms with Gasteiger partial charge >= 0.3 is 0 Å². The van der Waals surface area contributed by atoms with Crippen molar-refractivity contribution in [1.29, 1.82) is 0 Å². The zero-order valence-electron chi connectivity index (χ0n) is 9.18. The van der Waals surface area contributed by atoms with Crippen LogP contribution in [0.4, 0.5) is 0 Å². The third-order valence-electron chi connectivity index (χ3n) is 2.23. The van der Waals surface area contributed by atoms with Crippen LogP contribution in [0.3, 0.4) is 0 Å². The third kappa shape index (κ3) is 5.09. The Bertz CT molecular complexity index is 164. The van der Waals surface area contributed by atoms with Gasteiger partial charge in [-0.15, -0.1) is 0 Å². The van der Waals surface area contributed by atoms with Gasteiger partial charge in [0.15, 0.2) is 0 Å². The average molecular weight is 182 g/mol. The van der Waals surface area contributed by atoms with E-state index in [-0.39, 0.29) is 5.60 Å². The van der Waals surface area contributed by atoms with E-state index in [1.165, 1.54) is 25.7 Å². The number of ether oxygens (including phenoxy) is 1. The van der Waals surface area contributed by atoms with Crippen LogP contribution < -0.4 is 0 Å². The van der Waals surface area contributed by atoms with E-state index in [1.54, 1.807) is 0 Å². The molecule has 0 saturated carbocycles. The van der Waals surface area contributed by atoms with Gasteiger partial charge < -0.3 is 4.74 Å². The van der Waals surface area contributed by atoms with Crippen LogP contribution in [0.2, 0.25) is 0 Å². The minimum absolute atomic E-state index is 0.0116. The van der Waals surface area contributed by atoms with Crippen molar-refractivity contribution in [1.82, 2.24) is 0 Å². The molecule has 76 valence electrons. The normalized spacial score (nSPS) is 27.8. The third-order valence-corrected chi connectivity index (χ3v) is 2.23. The molecule has 0 saturated heterocycles. The van der Waals surface area contributed by atoms with Crippen molar-refractivity contribution < 1.29 is 4.74 Å². The molecule has 0 aromatic carbocycles. The summed E-state index contributed by atoms with van der Waals surface area (Å²) in [5.74, 6) is 0. The van der Waals surface area contributed by atoms with Gasteiger partial charge in [0.1, 0.15) is 0 Å². The standard InChI is InChI=1S/C12H22O/c1-12(2,3)13-11-9-7-5-4-6-8-10-11/h5,7,11H,4,6,8-10H2,1-3H3/b7-5-. The molecule has 1 atom stereocenters. The summed E-state index contributed by atoms with van der Waals surface area (Å²) in [5.41, 5.74) is 0.0116. The van der Waals surface area contributed by atoms with Gasteiger partial charge in [-0.3, -0.25) is 0 Å². The molecule has 1 aliphatic rings. The fourth-order valence-electron chi connectivity index (χ4n) is 1.72. The van der Waals surface area contributed by atoms with E-state index in [0.717, 1.165) is 6.42 Å². The van der Waals surface area contributed by atoms with Crippen LogP contribution in [0.15, 0.2) is 12.2 Å². The maximum atomic E-state index is 5.96. The lowest BCUT2D eigenvalue weighted by Gasteiger charge is -2.27. The van der Waals surface area contributed by atoms with E-state index in [9.17, 15) is 0 Å². The molecule has 0 N–H and O–H groups in total. The molecular formula is C12H22O. The Morgan fingerprint density at radius 2 is 1.92 bits per heavy atom. The van der Waals surface area contributed by atoms with Crippen LogP contribution in [0, 0.1) is 0 Å². The molecule has 1 nitrogen and oxygen atoms in total. The number of rotatable bonds is 1. The summed E-state index contributed by atoms with van der Waals surface area (Å²) in [6.45, 7) is 6.40. The number of allylic oxidation sites excluding steroid dienone is 1. The molecule has 1 aliphatic carbocycles. The van der Waals surface area contributed by atoms with Gasteiger partial charge in [-0.25, -0.2) is 0 Å². The second kappa shape index (κ2) is 4.80. The summed E-state index contributed by atoms with van der Waals surface area (Å²) >= 11 is 0. The zero-order chi connectivity index (χ0) is 9.73. The Balaban J connectivity index is 2.38. The van der Waals surface area contributed by atoms with E-state index >= 15 is 0 Å². The maximum absolute atomic E-state index is 5.96. The smallest absolute Gasteiger partial charge is 0.0616 e.